The molecule has 0 N–H and O–H groups in total. The van der Waals surface area contributed by atoms with Crippen molar-refractivity contribution in [1.29, 1.82) is 0 Å². The van der Waals surface area contributed by atoms with Gasteiger partial charge >= 0.3 is 24.7 Å². The quantitative estimate of drug-likeness (QED) is 0.134. The standard InChI is InChI=1S/C18H17ClF20O2S/c19-42(40,41)14(27)13(26)8(18(37,38)39)11(24)6(16(31,32)33)10(23)7(17(34,35)36)12(25)9(22)5(21)2-1-4(3-20)15(28,29)30/h4-14H,1-3H2. The predicted molar refractivity (Wildman–Crippen MR) is 102 cm³/mol. The minimum Gasteiger partial charge on any atom is -0.250 e. The van der Waals surface area contributed by atoms with Gasteiger partial charge in [-0.15, -0.1) is 0 Å². The number of hydrogen-bond acceptors (Lipinski definition) is 2. The molecule has 11 unspecified atom stereocenters. The van der Waals surface area contributed by atoms with E-state index >= 15 is 0 Å². The average Bonchev–Trinajstić information content (AvgIpc) is 2.73. The van der Waals surface area contributed by atoms with Crippen LogP contribution in [0.1, 0.15) is 12.8 Å². The van der Waals surface area contributed by atoms with Crippen LogP contribution < -0.4 is 0 Å². The van der Waals surface area contributed by atoms with Gasteiger partial charge in [0.1, 0.15) is 49.1 Å². The Kier molecular flexibility index (Phi) is 13.9. The third-order valence-corrected chi connectivity index (χ3v) is 7.11. The Bertz CT molecular complexity index is 933. The summed E-state index contributed by atoms with van der Waals surface area (Å²) < 4.78 is 290. The van der Waals surface area contributed by atoms with Crippen molar-refractivity contribution in [3.63, 3.8) is 0 Å². The van der Waals surface area contributed by atoms with Gasteiger partial charge in [-0.2, -0.15) is 52.7 Å². The lowest BCUT2D eigenvalue weighted by Crippen LogP contribution is -2.56. The molecule has 42 heavy (non-hydrogen) atoms. The molecule has 0 rings (SSSR count). The SMILES string of the molecule is O=S(=O)(Cl)C(F)C(F)C(C(F)C(C(F)C(C(F)C(F)C(F)CCC(CF)C(F)(F)F)C(F)(F)F)C(F)(F)F)C(F)(F)F. The molecule has 0 aliphatic rings. The molecule has 0 aromatic rings. The van der Waals surface area contributed by atoms with Crippen molar-refractivity contribution in [1.82, 2.24) is 0 Å². The summed E-state index contributed by atoms with van der Waals surface area (Å²) in [6.07, 6.45) is -59.2. The van der Waals surface area contributed by atoms with Crippen LogP contribution in [0.2, 0.25) is 0 Å². The second kappa shape index (κ2) is 14.3. The Hall–Kier alpha value is -1.16. The summed E-state index contributed by atoms with van der Waals surface area (Å²) in [6, 6.07) is 0. The second-order valence-corrected chi connectivity index (χ2v) is 11.4. The zero-order chi connectivity index (χ0) is 34.0. The molecule has 24 heteroatoms. The van der Waals surface area contributed by atoms with Crippen LogP contribution in [-0.2, 0) is 9.05 Å². The molecule has 254 valence electrons. The maximum absolute atomic E-state index is 14.7. The number of hydrogen-bond donors (Lipinski definition) is 0. The van der Waals surface area contributed by atoms with Crippen molar-refractivity contribution in [2.24, 2.45) is 23.7 Å². The first kappa shape index (κ1) is 40.8. The zero-order valence-corrected chi connectivity index (χ0v) is 21.2. The van der Waals surface area contributed by atoms with Crippen LogP contribution in [0.4, 0.5) is 87.8 Å². The highest BCUT2D eigenvalue weighted by molar-refractivity contribution is 8.14. The van der Waals surface area contributed by atoms with Crippen LogP contribution in [0.5, 0.6) is 0 Å². The molecular formula is C18H17ClF20O2S. The lowest BCUT2D eigenvalue weighted by atomic mass is 9.78. The van der Waals surface area contributed by atoms with Crippen molar-refractivity contribution >= 4 is 19.7 Å². The normalized spacial score (nSPS) is 22.3. The van der Waals surface area contributed by atoms with E-state index in [2.05, 4.69) is 10.7 Å². The Morgan fingerprint density at radius 2 is 0.833 bits per heavy atom. The van der Waals surface area contributed by atoms with Crippen molar-refractivity contribution in [2.75, 3.05) is 6.67 Å². The molecule has 0 aliphatic carbocycles. The highest BCUT2D eigenvalue weighted by atomic mass is 35.7. The van der Waals surface area contributed by atoms with E-state index in [0.29, 0.717) is 0 Å². The Labute approximate surface area is 227 Å². The van der Waals surface area contributed by atoms with E-state index in [1.165, 1.54) is 0 Å². The van der Waals surface area contributed by atoms with Crippen molar-refractivity contribution < 1.29 is 96.2 Å². The van der Waals surface area contributed by atoms with E-state index in [1.807, 2.05) is 0 Å². The summed E-state index contributed by atoms with van der Waals surface area (Å²) in [5.74, 6) is -19.1. The van der Waals surface area contributed by atoms with Gasteiger partial charge in [-0.25, -0.2) is 39.2 Å². The summed E-state index contributed by atoms with van der Waals surface area (Å²) in [5.41, 5.74) is -4.71. The van der Waals surface area contributed by atoms with Gasteiger partial charge in [0.25, 0.3) is 9.05 Å². The van der Waals surface area contributed by atoms with E-state index in [-0.39, 0.29) is 0 Å². The minimum atomic E-state index is -7.01. The molecule has 0 aromatic heterocycles. The molecule has 2 nitrogen and oxygen atoms in total. The molecule has 0 heterocycles. The van der Waals surface area contributed by atoms with Gasteiger partial charge in [0.15, 0.2) is 12.3 Å². The van der Waals surface area contributed by atoms with Gasteiger partial charge in [0.05, 0.1) is 5.92 Å². The van der Waals surface area contributed by atoms with E-state index in [1.54, 1.807) is 0 Å². The summed E-state index contributed by atoms with van der Waals surface area (Å²) >= 11 is 0. The highest BCUT2D eigenvalue weighted by Crippen LogP contribution is 2.50. The van der Waals surface area contributed by atoms with Gasteiger partial charge in [0, 0.05) is 10.7 Å². The lowest BCUT2D eigenvalue weighted by molar-refractivity contribution is -0.280. The van der Waals surface area contributed by atoms with Gasteiger partial charge in [-0.05, 0) is 12.8 Å². The molecule has 0 spiro atoms. The van der Waals surface area contributed by atoms with E-state index < -0.39 is 119 Å². The molecule has 0 radical (unpaired) electrons. The first-order chi connectivity index (χ1) is 18.4. The molecule has 0 bridgehead atoms. The highest BCUT2D eigenvalue weighted by Gasteiger charge is 2.67. The third kappa shape index (κ3) is 10.8. The Morgan fingerprint density at radius 3 is 1.12 bits per heavy atom. The average molecular weight is 713 g/mol. The fourth-order valence-corrected chi connectivity index (χ4v) is 4.40. The maximum Gasteiger partial charge on any atom is 0.397 e. The summed E-state index contributed by atoms with van der Waals surface area (Å²) in [7, 11) is -1.94. The first-order valence-electron chi connectivity index (χ1n) is 10.7. The largest absolute Gasteiger partial charge is 0.397 e. The molecule has 0 fully saturated rings. The van der Waals surface area contributed by atoms with E-state index in [4.69, 9.17) is 0 Å². The number of halogens is 21. The Balaban J connectivity index is 6.63. The molecule has 0 aromatic carbocycles. The number of alkyl halides is 20. The van der Waals surface area contributed by atoms with Crippen LogP contribution >= 0.6 is 10.7 Å². The molecule has 0 amide bonds. The fourth-order valence-electron chi connectivity index (χ4n) is 3.62. The maximum atomic E-state index is 14.7. The van der Waals surface area contributed by atoms with E-state index in [0.717, 1.165) is 0 Å². The van der Waals surface area contributed by atoms with Gasteiger partial charge in [-0.3, -0.25) is 4.39 Å². The van der Waals surface area contributed by atoms with Crippen molar-refractivity contribution in [2.45, 2.75) is 80.1 Å². The molecular weight excluding hydrogens is 696 g/mol. The topological polar surface area (TPSA) is 34.1 Å². The van der Waals surface area contributed by atoms with Crippen LogP contribution in [0.3, 0.4) is 0 Å². The first-order valence-corrected chi connectivity index (χ1v) is 13.0. The second-order valence-electron chi connectivity index (χ2n) is 8.74. The van der Waals surface area contributed by atoms with Gasteiger partial charge < -0.3 is 0 Å². The summed E-state index contributed by atoms with van der Waals surface area (Å²) in [4.78, 5) is 0. The minimum absolute atomic E-state index is 1.79. The van der Waals surface area contributed by atoms with Crippen LogP contribution in [-0.4, -0.2) is 82.3 Å². The summed E-state index contributed by atoms with van der Waals surface area (Å²) in [5, 5.41) is 0. The van der Waals surface area contributed by atoms with Gasteiger partial charge in [-0.1, -0.05) is 0 Å². The van der Waals surface area contributed by atoms with E-state index in [9.17, 15) is 96.2 Å². The van der Waals surface area contributed by atoms with Crippen LogP contribution in [0, 0.1) is 23.7 Å². The fraction of sp³-hybridized carbons (Fsp3) is 1.00. The Morgan fingerprint density at radius 1 is 0.500 bits per heavy atom. The predicted octanol–water partition coefficient (Wildman–Crippen LogP) is 8.34. The molecule has 0 aliphatic heterocycles. The molecule has 0 saturated heterocycles. The van der Waals surface area contributed by atoms with Crippen molar-refractivity contribution in [3.8, 4) is 0 Å². The third-order valence-electron chi connectivity index (χ3n) is 5.80. The monoisotopic (exact) mass is 712 g/mol. The summed E-state index contributed by atoms with van der Waals surface area (Å²) in [6.45, 7) is -2.31. The number of rotatable bonds is 14. The lowest BCUT2D eigenvalue weighted by Gasteiger charge is -2.38. The van der Waals surface area contributed by atoms with Gasteiger partial charge in [0.2, 0.25) is 5.50 Å². The smallest absolute Gasteiger partial charge is 0.250 e. The van der Waals surface area contributed by atoms with Crippen molar-refractivity contribution in [3.05, 3.63) is 0 Å². The van der Waals surface area contributed by atoms with Crippen LogP contribution in [0.15, 0.2) is 0 Å². The zero-order valence-electron chi connectivity index (χ0n) is 19.6. The molecule has 11 atom stereocenters. The molecule has 0 saturated carbocycles. The van der Waals surface area contributed by atoms with Crippen LogP contribution in [0.25, 0.3) is 0 Å².